The molecule has 4 fully saturated rings. The van der Waals surface area contributed by atoms with Crippen LogP contribution >= 0.6 is 0 Å². The van der Waals surface area contributed by atoms with E-state index in [1.165, 1.54) is 45.3 Å². The molecule has 25 heavy (non-hydrogen) atoms. The number of hydrogen-bond donors (Lipinski definition) is 0. The Bertz CT molecular complexity index is 591. The van der Waals surface area contributed by atoms with Gasteiger partial charge in [0.1, 0.15) is 0 Å². The van der Waals surface area contributed by atoms with Crippen LogP contribution in [-0.2, 0) is 19.4 Å². The van der Waals surface area contributed by atoms with E-state index in [9.17, 15) is 0 Å². The van der Waals surface area contributed by atoms with Crippen molar-refractivity contribution in [2.45, 2.75) is 71.3 Å². The Kier molecular flexibility index (Phi) is 4.40. The average molecular weight is 338 g/mol. The van der Waals surface area contributed by atoms with Crippen molar-refractivity contribution in [3.8, 4) is 0 Å². The van der Waals surface area contributed by atoms with Gasteiger partial charge in [0.15, 0.2) is 0 Å². The molecule has 5 aliphatic carbocycles. The van der Waals surface area contributed by atoms with Crippen LogP contribution in [0.2, 0.25) is 0 Å². The molecule has 0 heterocycles. The van der Waals surface area contributed by atoms with Crippen LogP contribution in [0.3, 0.4) is 0 Å². The van der Waals surface area contributed by atoms with E-state index in [1.54, 1.807) is 48.8 Å². The standard InChI is InChI=1S/C24H35N/c1-2-25(15-17-7-8-20-5-3-4-6-21(20)10-17)16-24-22-11-18-9-19(13-22)14-23(24)12-18/h7-8,10,18-19,22-24H,2-6,9,11-16H2,1H3. The molecular formula is C24H35N. The van der Waals surface area contributed by atoms with Gasteiger partial charge in [0, 0.05) is 13.1 Å². The SMILES string of the molecule is CCN(Cc1ccc2c(c1)CCCC2)CC1C2CC3CC(C2)CC1C3. The largest absolute Gasteiger partial charge is 0.299 e. The Morgan fingerprint density at radius 2 is 1.56 bits per heavy atom. The molecule has 0 unspecified atom stereocenters. The third-order valence-electron chi connectivity index (χ3n) is 8.16. The number of rotatable bonds is 5. The Labute approximate surface area is 154 Å². The second-order valence-electron chi connectivity index (χ2n) is 9.73. The van der Waals surface area contributed by atoms with Gasteiger partial charge in [-0.3, -0.25) is 4.90 Å². The second-order valence-corrected chi connectivity index (χ2v) is 9.73. The smallest absolute Gasteiger partial charge is 0.0233 e. The van der Waals surface area contributed by atoms with Crippen molar-refractivity contribution in [2.75, 3.05) is 13.1 Å². The summed E-state index contributed by atoms with van der Waals surface area (Å²) in [6.07, 6.45) is 13.2. The lowest BCUT2D eigenvalue weighted by Crippen LogP contribution is -2.49. The molecule has 136 valence electrons. The average Bonchev–Trinajstić information content (AvgIpc) is 2.63. The number of nitrogens with zero attached hydrogens (tertiary/aromatic N) is 1. The third kappa shape index (κ3) is 3.18. The topological polar surface area (TPSA) is 3.24 Å². The number of aryl methyl sites for hydroxylation is 2. The van der Waals surface area contributed by atoms with Crippen molar-refractivity contribution in [1.82, 2.24) is 4.90 Å². The number of hydrogen-bond acceptors (Lipinski definition) is 1. The van der Waals surface area contributed by atoms with Crippen LogP contribution in [0, 0.1) is 29.6 Å². The first kappa shape index (κ1) is 16.4. The summed E-state index contributed by atoms with van der Waals surface area (Å²) in [4.78, 5) is 2.76. The highest BCUT2D eigenvalue weighted by Gasteiger charge is 2.48. The molecule has 0 atom stereocenters. The van der Waals surface area contributed by atoms with E-state index in [0.29, 0.717) is 0 Å². The Morgan fingerprint density at radius 3 is 2.24 bits per heavy atom. The van der Waals surface area contributed by atoms with E-state index in [0.717, 1.165) is 29.6 Å². The molecule has 1 aromatic carbocycles. The highest BCUT2D eigenvalue weighted by molar-refractivity contribution is 5.33. The fraction of sp³-hybridized carbons (Fsp3) is 0.750. The predicted octanol–water partition coefficient (Wildman–Crippen LogP) is 5.46. The zero-order chi connectivity index (χ0) is 16.8. The van der Waals surface area contributed by atoms with Gasteiger partial charge in [0.05, 0.1) is 0 Å². The first-order valence-corrected chi connectivity index (χ1v) is 11.1. The zero-order valence-electron chi connectivity index (χ0n) is 16.1. The molecule has 0 amide bonds. The van der Waals surface area contributed by atoms with E-state index in [-0.39, 0.29) is 0 Å². The molecule has 1 heteroatoms. The summed E-state index contributed by atoms with van der Waals surface area (Å²) in [5.41, 5.74) is 4.83. The minimum Gasteiger partial charge on any atom is -0.299 e. The van der Waals surface area contributed by atoms with Crippen LogP contribution < -0.4 is 0 Å². The molecule has 0 aliphatic heterocycles. The Morgan fingerprint density at radius 1 is 0.880 bits per heavy atom. The van der Waals surface area contributed by atoms with Gasteiger partial charge in [0.25, 0.3) is 0 Å². The van der Waals surface area contributed by atoms with Crippen LogP contribution in [-0.4, -0.2) is 18.0 Å². The monoisotopic (exact) mass is 337 g/mol. The summed E-state index contributed by atoms with van der Waals surface area (Å²) in [5.74, 6) is 5.34. The molecule has 0 spiro atoms. The van der Waals surface area contributed by atoms with Crippen LogP contribution in [0.1, 0.15) is 68.6 Å². The molecule has 1 nitrogen and oxygen atoms in total. The zero-order valence-corrected chi connectivity index (χ0v) is 16.1. The summed E-state index contributed by atoms with van der Waals surface area (Å²) >= 11 is 0. The number of benzene rings is 1. The van der Waals surface area contributed by atoms with Gasteiger partial charge >= 0.3 is 0 Å². The lowest BCUT2D eigenvalue weighted by molar-refractivity contribution is -0.0494. The van der Waals surface area contributed by atoms with E-state index >= 15 is 0 Å². The molecule has 0 aromatic heterocycles. The van der Waals surface area contributed by atoms with Crippen LogP contribution in [0.15, 0.2) is 18.2 Å². The Balaban J connectivity index is 1.27. The minimum absolute atomic E-state index is 1.00. The van der Waals surface area contributed by atoms with E-state index in [4.69, 9.17) is 0 Å². The first-order chi connectivity index (χ1) is 12.3. The van der Waals surface area contributed by atoms with Gasteiger partial charge in [-0.1, -0.05) is 25.1 Å². The maximum Gasteiger partial charge on any atom is 0.0233 e. The fourth-order valence-electron chi connectivity index (χ4n) is 7.08. The fourth-order valence-corrected chi connectivity index (χ4v) is 7.08. The molecule has 4 bridgehead atoms. The van der Waals surface area contributed by atoms with Crippen LogP contribution in [0.25, 0.3) is 0 Å². The van der Waals surface area contributed by atoms with E-state index in [2.05, 4.69) is 30.0 Å². The lowest BCUT2D eigenvalue weighted by Gasteiger charge is -2.55. The van der Waals surface area contributed by atoms with Gasteiger partial charge in [0.2, 0.25) is 0 Å². The Hall–Kier alpha value is -0.820. The molecular weight excluding hydrogens is 302 g/mol. The van der Waals surface area contributed by atoms with Gasteiger partial charge < -0.3 is 0 Å². The second kappa shape index (κ2) is 6.72. The summed E-state index contributed by atoms with van der Waals surface area (Å²) in [6, 6.07) is 7.39. The molecule has 0 N–H and O–H groups in total. The van der Waals surface area contributed by atoms with Gasteiger partial charge in [-0.15, -0.1) is 0 Å². The molecule has 1 aromatic rings. The third-order valence-corrected chi connectivity index (χ3v) is 8.16. The molecule has 6 rings (SSSR count). The van der Waals surface area contributed by atoms with E-state index in [1.807, 2.05) is 0 Å². The molecule has 5 aliphatic rings. The summed E-state index contributed by atoms with van der Waals surface area (Å²) in [6.45, 7) is 6.11. The predicted molar refractivity (Wildman–Crippen MR) is 105 cm³/mol. The first-order valence-electron chi connectivity index (χ1n) is 11.1. The van der Waals surface area contributed by atoms with Gasteiger partial charge in [-0.05, 0) is 111 Å². The van der Waals surface area contributed by atoms with Crippen molar-refractivity contribution in [3.05, 3.63) is 34.9 Å². The summed E-state index contributed by atoms with van der Waals surface area (Å²) in [5, 5.41) is 0. The molecule has 0 radical (unpaired) electrons. The van der Waals surface area contributed by atoms with Crippen molar-refractivity contribution < 1.29 is 0 Å². The van der Waals surface area contributed by atoms with Crippen molar-refractivity contribution >= 4 is 0 Å². The quantitative estimate of drug-likeness (QED) is 0.689. The maximum absolute atomic E-state index is 2.76. The highest BCUT2D eigenvalue weighted by atomic mass is 15.1. The van der Waals surface area contributed by atoms with Crippen molar-refractivity contribution in [2.24, 2.45) is 29.6 Å². The molecule has 4 saturated carbocycles. The van der Waals surface area contributed by atoms with E-state index < -0.39 is 0 Å². The van der Waals surface area contributed by atoms with Crippen molar-refractivity contribution in [1.29, 1.82) is 0 Å². The summed E-state index contributed by atoms with van der Waals surface area (Å²) < 4.78 is 0. The maximum atomic E-state index is 2.76. The van der Waals surface area contributed by atoms with Crippen LogP contribution in [0.4, 0.5) is 0 Å². The molecule has 0 saturated heterocycles. The van der Waals surface area contributed by atoms with Crippen LogP contribution in [0.5, 0.6) is 0 Å². The van der Waals surface area contributed by atoms with Crippen molar-refractivity contribution in [3.63, 3.8) is 0 Å². The summed E-state index contributed by atoms with van der Waals surface area (Å²) in [7, 11) is 0. The van der Waals surface area contributed by atoms with Gasteiger partial charge in [-0.25, -0.2) is 0 Å². The van der Waals surface area contributed by atoms with Gasteiger partial charge in [-0.2, -0.15) is 0 Å². The normalized spacial score (nSPS) is 36.0. The minimum atomic E-state index is 1.00. The lowest BCUT2D eigenvalue weighted by atomic mass is 9.52. The highest BCUT2D eigenvalue weighted by Crippen LogP contribution is 2.56. The number of fused-ring (bicyclic) bond motifs is 1.